The van der Waals surface area contributed by atoms with Crippen LogP contribution in [0.3, 0.4) is 0 Å². The Kier molecular flexibility index (Phi) is 3.67. The average molecular weight is 248 g/mol. The van der Waals surface area contributed by atoms with E-state index in [-0.39, 0.29) is 18.1 Å². The van der Waals surface area contributed by atoms with Crippen molar-refractivity contribution in [3.05, 3.63) is 53.8 Å². The maximum absolute atomic E-state index is 13.3. The number of hydrogen-bond acceptors (Lipinski definition) is 3. The molecule has 0 saturated carbocycles. The Morgan fingerprint density at radius 3 is 2.61 bits per heavy atom. The topological polar surface area (TPSA) is 38.7 Å². The van der Waals surface area contributed by atoms with E-state index in [2.05, 4.69) is 0 Å². The number of ether oxygens (including phenoxy) is 2. The van der Waals surface area contributed by atoms with Crippen LogP contribution in [0.25, 0.3) is 0 Å². The summed E-state index contributed by atoms with van der Waals surface area (Å²) in [4.78, 5) is 0. The summed E-state index contributed by atoms with van der Waals surface area (Å²) in [5, 5.41) is 9.72. The normalized spacial score (nSPS) is 10.1. The molecule has 94 valence electrons. The molecule has 2 aromatic carbocycles. The minimum atomic E-state index is -0.425. The Hall–Kier alpha value is -2.23. The van der Waals surface area contributed by atoms with E-state index in [0.29, 0.717) is 11.3 Å². The highest BCUT2D eigenvalue weighted by atomic mass is 19.1. The van der Waals surface area contributed by atoms with E-state index in [4.69, 9.17) is 9.47 Å². The number of para-hydroxylation sites is 1. The Morgan fingerprint density at radius 1 is 1.17 bits per heavy atom. The zero-order valence-corrected chi connectivity index (χ0v) is 9.89. The first-order valence-electron chi connectivity index (χ1n) is 5.44. The summed E-state index contributed by atoms with van der Waals surface area (Å²) in [6, 6.07) is 11.0. The fourth-order valence-corrected chi connectivity index (χ4v) is 1.51. The number of benzene rings is 2. The number of aromatic hydroxyl groups is 1. The van der Waals surface area contributed by atoms with E-state index in [9.17, 15) is 9.50 Å². The molecule has 2 aromatic rings. The van der Waals surface area contributed by atoms with Gasteiger partial charge in [0.2, 0.25) is 0 Å². The Bertz CT molecular complexity index is 540. The van der Waals surface area contributed by atoms with Crippen molar-refractivity contribution in [2.75, 3.05) is 7.11 Å². The summed E-state index contributed by atoms with van der Waals surface area (Å²) in [6.45, 7) is 0.0940. The van der Waals surface area contributed by atoms with Crippen molar-refractivity contribution in [1.82, 2.24) is 0 Å². The van der Waals surface area contributed by atoms with Crippen LogP contribution < -0.4 is 9.47 Å². The molecule has 2 rings (SSSR count). The lowest BCUT2D eigenvalue weighted by atomic mass is 10.2. The van der Waals surface area contributed by atoms with Gasteiger partial charge in [-0.2, -0.15) is 0 Å². The first kappa shape index (κ1) is 12.2. The van der Waals surface area contributed by atoms with E-state index < -0.39 is 5.82 Å². The van der Waals surface area contributed by atoms with Crippen LogP contribution in [0.4, 0.5) is 4.39 Å². The molecule has 0 aromatic heterocycles. The summed E-state index contributed by atoms with van der Waals surface area (Å²) in [5.74, 6) is 0.353. The summed E-state index contributed by atoms with van der Waals surface area (Å²) in [7, 11) is 1.52. The predicted octanol–water partition coefficient (Wildman–Crippen LogP) is 3.12. The number of rotatable bonds is 4. The third-order valence-electron chi connectivity index (χ3n) is 2.51. The SMILES string of the molecule is COc1ccc(COc2ccccc2F)c(O)c1. The minimum absolute atomic E-state index is 0.0608. The zero-order valence-electron chi connectivity index (χ0n) is 9.89. The highest BCUT2D eigenvalue weighted by molar-refractivity contribution is 5.39. The van der Waals surface area contributed by atoms with Crippen LogP contribution in [0.2, 0.25) is 0 Å². The Morgan fingerprint density at radius 2 is 1.94 bits per heavy atom. The second kappa shape index (κ2) is 5.40. The molecule has 0 amide bonds. The molecule has 0 unspecified atom stereocenters. The molecule has 0 heterocycles. The minimum Gasteiger partial charge on any atom is -0.507 e. The second-order valence-corrected chi connectivity index (χ2v) is 3.71. The van der Waals surface area contributed by atoms with Crippen molar-refractivity contribution in [2.45, 2.75) is 6.61 Å². The van der Waals surface area contributed by atoms with Crippen molar-refractivity contribution in [1.29, 1.82) is 0 Å². The van der Waals surface area contributed by atoms with Gasteiger partial charge in [-0.05, 0) is 24.3 Å². The van der Waals surface area contributed by atoms with Gasteiger partial charge in [-0.25, -0.2) is 4.39 Å². The maximum Gasteiger partial charge on any atom is 0.165 e. The molecule has 0 saturated heterocycles. The lowest BCUT2D eigenvalue weighted by molar-refractivity contribution is 0.284. The van der Waals surface area contributed by atoms with Crippen LogP contribution >= 0.6 is 0 Å². The van der Waals surface area contributed by atoms with Gasteiger partial charge in [-0.3, -0.25) is 0 Å². The largest absolute Gasteiger partial charge is 0.507 e. The van der Waals surface area contributed by atoms with Crippen LogP contribution in [0.1, 0.15) is 5.56 Å². The molecule has 0 radical (unpaired) electrons. The third kappa shape index (κ3) is 2.71. The Labute approximate surface area is 104 Å². The van der Waals surface area contributed by atoms with Crippen LogP contribution in [-0.2, 0) is 6.61 Å². The van der Waals surface area contributed by atoms with Gasteiger partial charge >= 0.3 is 0 Å². The number of hydrogen-bond donors (Lipinski definition) is 1. The zero-order chi connectivity index (χ0) is 13.0. The van der Waals surface area contributed by atoms with Crippen LogP contribution in [0.5, 0.6) is 17.2 Å². The summed E-state index contributed by atoms with van der Waals surface area (Å²) in [6.07, 6.45) is 0. The molecule has 0 spiro atoms. The summed E-state index contributed by atoms with van der Waals surface area (Å²) < 4.78 is 23.6. The number of halogens is 1. The fourth-order valence-electron chi connectivity index (χ4n) is 1.51. The highest BCUT2D eigenvalue weighted by Crippen LogP contribution is 2.25. The van der Waals surface area contributed by atoms with Gasteiger partial charge in [0.25, 0.3) is 0 Å². The maximum atomic E-state index is 13.3. The molecule has 1 N–H and O–H groups in total. The van der Waals surface area contributed by atoms with Gasteiger partial charge in [0, 0.05) is 11.6 Å². The molecule has 18 heavy (non-hydrogen) atoms. The van der Waals surface area contributed by atoms with Gasteiger partial charge in [-0.15, -0.1) is 0 Å². The molecule has 0 bridgehead atoms. The molecule has 0 atom stereocenters. The number of methoxy groups -OCH3 is 1. The van der Waals surface area contributed by atoms with Crippen LogP contribution in [0.15, 0.2) is 42.5 Å². The second-order valence-electron chi connectivity index (χ2n) is 3.71. The van der Waals surface area contributed by atoms with Gasteiger partial charge in [0.05, 0.1) is 7.11 Å². The van der Waals surface area contributed by atoms with Gasteiger partial charge < -0.3 is 14.6 Å². The monoisotopic (exact) mass is 248 g/mol. The number of phenols is 1. The van der Waals surface area contributed by atoms with Crippen molar-refractivity contribution in [2.24, 2.45) is 0 Å². The molecular formula is C14H13FO3. The smallest absolute Gasteiger partial charge is 0.165 e. The summed E-state index contributed by atoms with van der Waals surface area (Å²) in [5.41, 5.74) is 0.569. The average Bonchev–Trinajstić information content (AvgIpc) is 2.39. The van der Waals surface area contributed by atoms with E-state index in [0.717, 1.165) is 0 Å². The van der Waals surface area contributed by atoms with Gasteiger partial charge in [0.1, 0.15) is 18.1 Å². The first-order valence-corrected chi connectivity index (χ1v) is 5.44. The standard InChI is InChI=1S/C14H13FO3/c1-17-11-7-6-10(13(16)8-11)9-18-14-5-3-2-4-12(14)15/h2-8,16H,9H2,1H3. The molecule has 3 nitrogen and oxygen atoms in total. The first-order chi connectivity index (χ1) is 8.70. The lowest BCUT2D eigenvalue weighted by Crippen LogP contribution is -1.98. The van der Waals surface area contributed by atoms with E-state index in [1.54, 1.807) is 24.3 Å². The lowest BCUT2D eigenvalue weighted by Gasteiger charge is -2.09. The van der Waals surface area contributed by atoms with E-state index >= 15 is 0 Å². The molecule has 0 aliphatic heterocycles. The van der Waals surface area contributed by atoms with Gasteiger partial charge in [0.15, 0.2) is 11.6 Å². The third-order valence-corrected chi connectivity index (χ3v) is 2.51. The van der Waals surface area contributed by atoms with Crippen molar-refractivity contribution in [3.63, 3.8) is 0 Å². The molecular weight excluding hydrogens is 235 g/mol. The van der Waals surface area contributed by atoms with Crippen molar-refractivity contribution < 1.29 is 19.0 Å². The number of phenolic OH excluding ortho intramolecular Hbond substituents is 1. The highest BCUT2D eigenvalue weighted by Gasteiger charge is 2.06. The molecule has 4 heteroatoms. The summed E-state index contributed by atoms with van der Waals surface area (Å²) >= 11 is 0. The Balaban J connectivity index is 2.09. The van der Waals surface area contributed by atoms with Crippen LogP contribution in [-0.4, -0.2) is 12.2 Å². The van der Waals surface area contributed by atoms with E-state index in [1.165, 1.54) is 25.3 Å². The van der Waals surface area contributed by atoms with Crippen molar-refractivity contribution in [3.8, 4) is 17.2 Å². The molecule has 0 fully saturated rings. The van der Waals surface area contributed by atoms with Crippen molar-refractivity contribution >= 4 is 0 Å². The van der Waals surface area contributed by atoms with Gasteiger partial charge in [-0.1, -0.05) is 12.1 Å². The molecule has 0 aliphatic carbocycles. The van der Waals surface area contributed by atoms with Crippen LogP contribution in [0, 0.1) is 5.82 Å². The quantitative estimate of drug-likeness (QED) is 0.903. The molecule has 0 aliphatic rings. The predicted molar refractivity (Wildman–Crippen MR) is 65.4 cm³/mol. The van der Waals surface area contributed by atoms with E-state index in [1.807, 2.05) is 0 Å². The fraction of sp³-hybridized carbons (Fsp3) is 0.143.